The highest BCUT2D eigenvalue weighted by molar-refractivity contribution is 6.30. The summed E-state index contributed by atoms with van der Waals surface area (Å²) in [5, 5.41) is 5.30. The van der Waals surface area contributed by atoms with Crippen LogP contribution in [0.15, 0.2) is 36.5 Å². The molecule has 6 heteroatoms. The maximum atomic E-state index is 11.9. The molecule has 0 spiro atoms. The van der Waals surface area contributed by atoms with Gasteiger partial charge in [0.1, 0.15) is 0 Å². The minimum atomic E-state index is 0.298. The zero-order valence-corrected chi connectivity index (χ0v) is 15.0. The lowest BCUT2D eigenvalue weighted by molar-refractivity contribution is -0.127. The van der Waals surface area contributed by atoms with Gasteiger partial charge < -0.3 is 4.90 Å². The summed E-state index contributed by atoms with van der Waals surface area (Å²) < 4.78 is 2.15. The lowest BCUT2D eigenvalue weighted by Crippen LogP contribution is -2.39. The first kappa shape index (κ1) is 16.6. The molecule has 1 aromatic carbocycles. The maximum absolute atomic E-state index is 11.9. The minimum absolute atomic E-state index is 0.298. The first-order valence-electron chi connectivity index (χ1n) is 8.96. The van der Waals surface area contributed by atoms with E-state index in [1.807, 2.05) is 29.3 Å². The van der Waals surface area contributed by atoms with Crippen LogP contribution >= 0.6 is 11.6 Å². The van der Waals surface area contributed by atoms with E-state index in [2.05, 4.69) is 26.8 Å². The average molecular weight is 359 g/mol. The summed E-state index contributed by atoms with van der Waals surface area (Å²) in [5.41, 5.74) is 2.47. The van der Waals surface area contributed by atoms with Crippen LogP contribution in [0.1, 0.15) is 36.6 Å². The van der Waals surface area contributed by atoms with E-state index in [4.69, 9.17) is 11.6 Å². The first-order valence-corrected chi connectivity index (χ1v) is 9.34. The predicted octanol–water partition coefficient (Wildman–Crippen LogP) is 3.11. The molecule has 2 aromatic rings. The lowest BCUT2D eigenvalue weighted by atomic mass is 10.1. The number of amides is 1. The van der Waals surface area contributed by atoms with Crippen LogP contribution in [-0.4, -0.2) is 45.1 Å². The van der Waals surface area contributed by atoms with Crippen LogP contribution in [0, 0.1) is 0 Å². The Balaban J connectivity index is 1.44. The van der Waals surface area contributed by atoms with Crippen molar-refractivity contribution in [2.45, 2.75) is 38.4 Å². The van der Waals surface area contributed by atoms with E-state index >= 15 is 0 Å². The first-order chi connectivity index (χ1) is 12.2. The molecule has 1 saturated heterocycles. The second-order valence-corrected chi connectivity index (χ2v) is 7.43. The summed E-state index contributed by atoms with van der Waals surface area (Å²) in [6.07, 6.45) is 4.54. The van der Waals surface area contributed by atoms with Crippen LogP contribution in [0.5, 0.6) is 0 Å². The highest BCUT2D eigenvalue weighted by atomic mass is 35.5. The van der Waals surface area contributed by atoms with Crippen molar-refractivity contribution in [3.8, 4) is 0 Å². The fourth-order valence-corrected chi connectivity index (χ4v) is 4.15. The number of fused-ring (bicyclic) bond motifs is 1. The minimum Gasteiger partial charge on any atom is -0.343 e. The van der Waals surface area contributed by atoms with Gasteiger partial charge in [0.05, 0.1) is 11.7 Å². The summed E-state index contributed by atoms with van der Waals surface area (Å²) in [6.45, 7) is 4.46. The van der Waals surface area contributed by atoms with E-state index in [1.54, 1.807) is 0 Å². The van der Waals surface area contributed by atoms with Gasteiger partial charge >= 0.3 is 0 Å². The predicted molar refractivity (Wildman–Crippen MR) is 97.3 cm³/mol. The van der Waals surface area contributed by atoms with E-state index in [9.17, 15) is 4.79 Å². The van der Waals surface area contributed by atoms with Crippen LogP contribution < -0.4 is 0 Å². The third-order valence-corrected chi connectivity index (χ3v) is 5.39. The summed E-state index contributed by atoms with van der Waals surface area (Å²) in [6, 6.07) is 10.5. The standard InChI is InChI=1S/C19H23ClN4O/c20-16-4-1-3-15(11-16)12-22-13-17-6-8-21-24(17)18(14-22)7-10-23-9-2-5-19(23)25/h1,3-4,6,8,11,18H,2,5,7,9-10,12-14H2/t18-/m0/s1. The van der Waals surface area contributed by atoms with Crippen molar-refractivity contribution in [2.24, 2.45) is 0 Å². The second-order valence-electron chi connectivity index (χ2n) is 6.99. The fraction of sp³-hybridized carbons (Fsp3) is 0.474. The molecule has 2 aliphatic heterocycles. The Morgan fingerprint density at radius 3 is 3.00 bits per heavy atom. The summed E-state index contributed by atoms with van der Waals surface area (Å²) in [4.78, 5) is 16.3. The summed E-state index contributed by atoms with van der Waals surface area (Å²) in [5.74, 6) is 0.298. The van der Waals surface area contributed by atoms with Crippen LogP contribution in [0.2, 0.25) is 5.02 Å². The third-order valence-electron chi connectivity index (χ3n) is 5.15. The van der Waals surface area contributed by atoms with Crippen LogP contribution in [0.25, 0.3) is 0 Å². The van der Waals surface area contributed by atoms with E-state index in [1.165, 1.54) is 11.3 Å². The van der Waals surface area contributed by atoms with Crippen molar-refractivity contribution >= 4 is 17.5 Å². The van der Waals surface area contributed by atoms with Gasteiger partial charge in [-0.05, 0) is 36.6 Å². The van der Waals surface area contributed by atoms with Gasteiger partial charge in [0.25, 0.3) is 0 Å². The Labute approximate surface area is 153 Å². The quantitative estimate of drug-likeness (QED) is 0.824. The highest BCUT2D eigenvalue weighted by Gasteiger charge is 2.27. The number of carbonyl (C=O) groups excluding carboxylic acids is 1. The summed E-state index contributed by atoms with van der Waals surface area (Å²) in [7, 11) is 0. The number of hydrogen-bond acceptors (Lipinski definition) is 3. The molecule has 132 valence electrons. The van der Waals surface area contributed by atoms with Crippen molar-refractivity contribution in [3.05, 3.63) is 52.8 Å². The molecular formula is C19H23ClN4O. The summed E-state index contributed by atoms with van der Waals surface area (Å²) >= 11 is 6.12. The largest absolute Gasteiger partial charge is 0.343 e. The number of benzene rings is 1. The van der Waals surface area contributed by atoms with Crippen molar-refractivity contribution in [1.29, 1.82) is 0 Å². The van der Waals surface area contributed by atoms with Gasteiger partial charge in [-0.1, -0.05) is 23.7 Å². The molecule has 0 aliphatic carbocycles. The van der Waals surface area contributed by atoms with E-state index in [0.717, 1.165) is 50.6 Å². The molecule has 5 nitrogen and oxygen atoms in total. The molecule has 0 radical (unpaired) electrons. The molecular weight excluding hydrogens is 336 g/mol. The normalized spacial score (nSPS) is 20.9. The van der Waals surface area contributed by atoms with Crippen molar-refractivity contribution in [3.63, 3.8) is 0 Å². The molecule has 3 heterocycles. The molecule has 1 atom stereocenters. The van der Waals surface area contributed by atoms with Gasteiger partial charge in [-0.2, -0.15) is 5.10 Å². The molecule has 0 N–H and O–H groups in total. The number of likely N-dealkylation sites (tertiary alicyclic amines) is 1. The number of halogens is 1. The Hall–Kier alpha value is -1.85. The molecule has 1 fully saturated rings. The highest BCUT2D eigenvalue weighted by Crippen LogP contribution is 2.26. The fourth-order valence-electron chi connectivity index (χ4n) is 3.94. The van der Waals surface area contributed by atoms with Crippen LogP contribution in [-0.2, 0) is 17.9 Å². The van der Waals surface area contributed by atoms with Gasteiger partial charge in [0.2, 0.25) is 5.91 Å². The number of nitrogens with zero attached hydrogens (tertiary/aromatic N) is 4. The topological polar surface area (TPSA) is 41.4 Å². The van der Waals surface area contributed by atoms with Gasteiger partial charge in [-0.25, -0.2) is 0 Å². The monoisotopic (exact) mass is 358 g/mol. The van der Waals surface area contributed by atoms with E-state index in [0.29, 0.717) is 18.4 Å². The van der Waals surface area contributed by atoms with Crippen LogP contribution in [0.4, 0.5) is 0 Å². The Morgan fingerprint density at radius 1 is 1.28 bits per heavy atom. The molecule has 0 saturated carbocycles. The van der Waals surface area contributed by atoms with E-state index in [-0.39, 0.29) is 0 Å². The zero-order chi connectivity index (χ0) is 17.2. The third kappa shape index (κ3) is 3.72. The van der Waals surface area contributed by atoms with E-state index < -0.39 is 0 Å². The number of carbonyl (C=O) groups is 1. The van der Waals surface area contributed by atoms with Crippen LogP contribution in [0.3, 0.4) is 0 Å². The van der Waals surface area contributed by atoms with Crippen molar-refractivity contribution < 1.29 is 4.79 Å². The number of rotatable bonds is 5. The molecule has 25 heavy (non-hydrogen) atoms. The number of aromatic nitrogens is 2. The molecule has 0 unspecified atom stereocenters. The molecule has 2 aliphatic rings. The van der Waals surface area contributed by atoms with Gasteiger partial charge in [0, 0.05) is 50.4 Å². The van der Waals surface area contributed by atoms with Gasteiger partial charge in [-0.3, -0.25) is 14.4 Å². The molecule has 1 aromatic heterocycles. The van der Waals surface area contributed by atoms with Crippen molar-refractivity contribution in [2.75, 3.05) is 19.6 Å². The zero-order valence-electron chi connectivity index (χ0n) is 14.3. The number of hydrogen-bond donors (Lipinski definition) is 0. The Kier molecular flexibility index (Phi) is 4.77. The Bertz CT molecular complexity index is 759. The average Bonchev–Trinajstić information content (AvgIpc) is 3.21. The lowest BCUT2D eigenvalue weighted by Gasteiger charge is -2.34. The second kappa shape index (κ2) is 7.18. The Morgan fingerprint density at radius 2 is 2.20 bits per heavy atom. The molecule has 0 bridgehead atoms. The maximum Gasteiger partial charge on any atom is 0.222 e. The molecule has 4 rings (SSSR count). The van der Waals surface area contributed by atoms with Gasteiger partial charge in [-0.15, -0.1) is 0 Å². The molecule has 1 amide bonds. The smallest absolute Gasteiger partial charge is 0.222 e. The SMILES string of the molecule is O=C1CCCN1CC[C@H]1CN(Cc2cccc(Cl)c2)Cc2ccnn21. The van der Waals surface area contributed by atoms with Crippen molar-refractivity contribution in [1.82, 2.24) is 19.6 Å². The van der Waals surface area contributed by atoms with Gasteiger partial charge in [0.15, 0.2) is 0 Å².